The Morgan fingerprint density at radius 3 is 2.52 bits per heavy atom. The van der Waals surface area contributed by atoms with Crippen LogP contribution in [0.15, 0.2) is 29.6 Å². The summed E-state index contributed by atoms with van der Waals surface area (Å²) in [5.74, 6) is 0.333. The number of nitrogens with one attached hydrogen (secondary N) is 1. The predicted octanol–water partition coefficient (Wildman–Crippen LogP) is 3.45. The number of halogens is 2. The molecule has 1 aromatic carbocycles. The van der Waals surface area contributed by atoms with Crippen LogP contribution in [0.3, 0.4) is 0 Å². The molecular weight excluding hydrogens is 403 g/mol. The molecule has 1 aromatic heterocycles. The van der Waals surface area contributed by atoms with E-state index in [-0.39, 0.29) is 36.6 Å². The lowest BCUT2D eigenvalue weighted by Gasteiger charge is -2.30. The highest BCUT2D eigenvalue weighted by molar-refractivity contribution is 7.09. The maximum atomic E-state index is 12.4. The normalized spacial score (nSPS) is 14.9. The zero-order chi connectivity index (χ0) is 17.6. The minimum Gasteiger partial charge on any atom is -0.399 e. The van der Waals surface area contributed by atoms with Crippen molar-refractivity contribution in [3.8, 4) is 0 Å². The van der Waals surface area contributed by atoms with Crippen molar-refractivity contribution in [2.45, 2.75) is 32.7 Å². The number of anilines is 1. The molecule has 1 amide bonds. The second kappa shape index (κ2) is 11.5. The van der Waals surface area contributed by atoms with Crippen LogP contribution in [0.4, 0.5) is 5.69 Å². The van der Waals surface area contributed by atoms with Gasteiger partial charge in [-0.05, 0) is 57.0 Å². The van der Waals surface area contributed by atoms with E-state index < -0.39 is 0 Å². The topological polar surface area (TPSA) is 71.2 Å². The minimum absolute atomic E-state index is 0. The second-order valence-corrected chi connectivity index (χ2v) is 7.75. The quantitative estimate of drug-likeness (QED) is 0.688. The van der Waals surface area contributed by atoms with Crippen LogP contribution in [0.5, 0.6) is 0 Å². The fourth-order valence-corrected chi connectivity index (χ4v) is 3.83. The van der Waals surface area contributed by atoms with Crippen LogP contribution in [0, 0.1) is 12.8 Å². The van der Waals surface area contributed by atoms with Crippen LogP contribution >= 0.6 is 36.2 Å². The Morgan fingerprint density at radius 1 is 1.26 bits per heavy atom. The molecule has 3 rings (SSSR count). The Hall–Kier alpha value is -1.34. The molecule has 0 radical (unpaired) electrons. The molecule has 2 aromatic rings. The summed E-state index contributed by atoms with van der Waals surface area (Å²) in [6.45, 7) is 5.55. The van der Waals surface area contributed by atoms with Crippen molar-refractivity contribution in [1.82, 2.24) is 15.2 Å². The zero-order valence-electron chi connectivity index (χ0n) is 15.5. The fraction of sp³-hybridized carbons (Fsp3) is 0.474. The Labute approximate surface area is 177 Å². The number of hydrogen-bond donors (Lipinski definition) is 2. The molecule has 0 atom stereocenters. The molecule has 2 heterocycles. The van der Waals surface area contributed by atoms with Gasteiger partial charge >= 0.3 is 0 Å². The molecule has 0 spiro atoms. The average Bonchev–Trinajstić information content (AvgIpc) is 3.02. The Kier molecular flexibility index (Phi) is 10.1. The van der Waals surface area contributed by atoms with E-state index >= 15 is 0 Å². The lowest BCUT2D eigenvalue weighted by atomic mass is 9.95. The number of hydrogen-bond acceptors (Lipinski definition) is 5. The van der Waals surface area contributed by atoms with Crippen molar-refractivity contribution < 1.29 is 4.79 Å². The molecule has 8 heteroatoms. The molecular formula is C19H28Cl2N4OS. The summed E-state index contributed by atoms with van der Waals surface area (Å²) >= 11 is 1.70. The van der Waals surface area contributed by atoms with Gasteiger partial charge in [0.1, 0.15) is 0 Å². The number of amides is 1. The molecule has 150 valence electrons. The Morgan fingerprint density at radius 2 is 1.93 bits per heavy atom. The number of aryl methyl sites for hydroxylation is 1. The van der Waals surface area contributed by atoms with Crippen LogP contribution in [0.1, 0.15) is 29.1 Å². The Balaban J connectivity index is 0.00000182. The summed E-state index contributed by atoms with van der Waals surface area (Å²) in [4.78, 5) is 19.3. The number of aromatic nitrogens is 1. The third-order valence-corrected chi connectivity index (χ3v) is 5.53. The highest BCUT2D eigenvalue weighted by Crippen LogP contribution is 2.20. The van der Waals surface area contributed by atoms with Crippen LogP contribution < -0.4 is 11.1 Å². The van der Waals surface area contributed by atoms with E-state index in [0.717, 1.165) is 55.3 Å². The van der Waals surface area contributed by atoms with E-state index in [1.165, 1.54) is 5.56 Å². The highest BCUT2D eigenvalue weighted by atomic mass is 35.5. The molecule has 0 aliphatic carbocycles. The summed E-state index contributed by atoms with van der Waals surface area (Å²) in [7, 11) is 0. The van der Waals surface area contributed by atoms with Crippen molar-refractivity contribution in [2.24, 2.45) is 5.92 Å². The lowest BCUT2D eigenvalue weighted by Crippen LogP contribution is -2.40. The number of likely N-dealkylation sites (tertiary alicyclic amines) is 1. The van der Waals surface area contributed by atoms with E-state index in [0.29, 0.717) is 6.54 Å². The number of carbonyl (C=O) groups excluding carboxylic acids is 1. The first kappa shape index (κ1) is 23.7. The van der Waals surface area contributed by atoms with E-state index in [1.807, 2.05) is 31.2 Å². The van der Waals surface area contributed by atoms with Crippen LogP contribution in [-0.2, 0) is 17.8 Å². The van der Waals surface area contributed by atoms with Crippen molar-refractivity contribution >= 4 is 47.7 Å². The molecule has 0 bridgehead atoms. The molecule has 1 aliphatic rings. The molecule has 27 heavy (non-hydrogen) atoms. The van der Waals surface area contributed by atoms with Crippen LogP contribution in [0.2, 0.25) is 0 Å². The monoisotopic (exact) mass is 430 g/mol. The number of nitrogen functional groups attached to an aromatic ring is 1. The summed E-state index contributed by atoms with van der Waals surface area (Å²) in [5, 5.41) is 6.33. The van der Waals surface area contributed by atoms with Gasteiger partial charge in [0, 0.05) is 30.1 Å². The van der Waals surface area contributed by atoms with E-state index in [2.05, 4.69) is 20.6 Å². The van der Waals surface area contributed by atoms with E-state index in [1.54, 1.807) is 11.3 Å². The first-order valence-corrected chi connectivity index (χ1v) is 9.73. The van der Waals surface area contributed by atoms with Crippen molar-refractivity contribution in [3.05, 3.63) is 45.9 Å². The number of benzene rings is 1. The predicted molar refractivity (Wildman–Crippen MR) is 117 cm³/mol. The molecule has 3 N–H and O–H groups in total. The summed E-state index contributed by atoms with van der Waals surface area (Å²) < 4.78 is 0. The van der Waals surface area contributed by atoms with Gasteiger partial charge in [0.2, 0.25) is 5.91 Å². The zero-order valence-corrected chi connectivity index (χ0v) is 18.0. The smallest absolute Gasteiger partial charge is 0.223 e. The number of rotatable bonds is 6. The molecule has 5 nitrogen and oxygen atoms in total. The summed E-state index contributed by atoms with van der Waals surface area (Å²) in [5.41, 5.74) is 8.80. The van der Waals surface area contributed by atoms with E-state index in [9.17, 15) is 4.79 Å². The van der Waals surface area contributed by atoms with E-state index in [4.69, 9.17) is 5.73 Å². The van der Waals surface area contributed by atoms with Crippen molar-refractivity contribution in [1.29, 1.82) is 0 Å². The molecule has 0 saturated carbocycles. The van der Waals surface area contributed by atoms with Gasteiger partial charge in [0.25, 0.3) is 0 Å². The summed E-state index contributed by atoms with van der Waals surface area (Å²) in [6, 6.07) is 7.83. The first-order chi connectivity index (χ1) is 12.1. The minimum atomic E-state index is 0. The van der Waals surface area contributed by atoms with Gasteiger partial charge in [-0.15, -0.1) is 36.2 Å². The van der Waals surface area contributed by atoms with Gasteiger partial charge in [-0.1, -0.05) is 12.1 Å². The number of thiazole rings is 1. The lowest BCUT2D eigenvalue weighted by molar-refractivity contribution is -0.126. The standard InChI is InChI=1S/C19H26N4OS.2ClH/c1-14-22-18(13-25-14)12-23-10-7-16(8-11-23)19(24)21-9-6-15-2-4-17(20)5-3-15;;/h2-5,13,16H,6-12,20H2,1H3,(H,21,24);2*1H. The maximum absolute atomic E-state index is 12.4. The Bertz CT molecular complexity index is 700. The third kappa shape index (κ3) is 7.30. The first-order valence-electron chi connectivity index (χ1n) is 8.85. The number of nitrogens with two attached hydrogens (primary N) is 1. The summed E-state index contributed by atoms with van der Waals surface area (Å²) in [6.07, 6.45) is 2.70. The molecule has 1 aliphatic heterocycles. The fourth-order valence-electron chi connectivity index (χ4n) is 3.22. The highest BCUT2D eigenvalue weighted by Gasteiger charge is 2.24. The third-order valence-electron chi connectivity index (χ3n) is 4.70. The second-order valence-electron chi connectivity index (χ2n) is 6.69. The van der Waals surface area contributed by atoms with Crippen LogP contribution in [-0.4, -0.2) is 35.4 Å². The SMILES string of the molecule is Cc1nc(CN2CCC(C(=O)NCCc3ccc(N)cc3)CC2)cs1.Cl.Cl. The molecule has 1 fully saturated rings. The number of carbonyl (C=O) groups is 1. The van der Waals surface area contributed by atoms with Gasteiger partial charge in [-0.2, -0.15) is 0 Å². The van der Waals surface area contributed by atoms with Crippen molar-refractivity contribution in [3.63, 3.8) is 0 Å². The average molecular weight is 431 g/mol. The van der Waals surface area contributed by atoms with Gasteiger partial charge in [-0.25, -0.2) is 4.98 Å². The van der Waals surface area contributed by atoms with Crippen LogP contribution in [0.25, 0.3) is 0 Å². The van der Waals surface area contributed by atoms with Crippen molar-refractivity contribution in [2.75, 3.05) is 25.4 Å². The largest absolute Gasteiger partial charge is 0.399 e. The maximum Gasteiger partial charge on any atom is 0.223 e. The van der Waals surface area contributed by atoms with Gasteiger partial charge in [-0.3, -0.25) is 9.69 Å². The molecule has 0 unspecified atom stereocenters. The number of nitrogens with zero attached hydrogens (tertiary/aromatic N) is 2. The van der Waals surface area contributed by atoms with Gasteiger partial charge in [0.15, 0.2) is 0 Å². The van der Waals surface area contributed by atoms with Gasteiger partial charge < -0.3 is 11.1 Å². The molecule has 1 saturated heterocycles. The number of piperidine rings is 1. The van der Waals surface area contributed by atoms with Gasteiger partial charge in [0.05, 0.1) is 10.7 Å².